The molecule has 0 unspecified atom stereocenters. The molecule has 4 aromatic rings. The van der Waals surface area contributed by atoms with Crippen molar-refractivity contribution in [2.45, 2.75) is 17.0 Å². The van der Waals surface area contributed by atoms with Crippen LogP contribution in [0, 0.1) is 6.92 Å². The summed E-state index contributed by atoms with van der Waals surface area (Å²) in [5.74, 6) is 0.0746. The number of aromatic nitrogens is 2. The number of nitrogens with zero attached hydrogens (tertiary/aromatic N) is 3. The fraction of sp³-hybridized carbons (Fsp3) is 0.125. The standard InChI is InChI=1S/C24H22N4O4S2/c1-17-11-13-18(14-12-17)23-26-27-24(32-23)33-16-22(29)25-19-7-6-10-21(15-19)34(30,31)28(2)20-8-4-3-5-9-20/h3-15H,16H2,1-2H3,(H,25,29). The number of nitrogens with one attached hydrogen (secondary N) is 1. The number of thioether (sulfide) groups is 1. The topological polar surface area (TPSA) is 105 Å². The average molecular weight is 495 g/mol. The van der Waals surface area contributed by atoms with E-state index in [0.29, 0.717) is 17.3 Å². The Labute approximate surface area is 202 Å². The predicted molar refractivity (Wildman–Crippen MR) is 132 cm³/mol. The molecule has 0 radical (unpaired) electrons. The second-order valence-corrected chi connectivity index (χ2v) is 10.3. The lowest BCUT2D eigenvalue weighted by atomic mass is 10.1. The second kappa shape index (κ2) is 10.1. The summed E-state index contributed by atoms with van der Waals surface area (Å²) in [5, 5.41) is 11.0. The van der Waals surface area contributed by atoms with Crippen LogP contribution in [0.5, 0.6) is 0 Å². The van der Waals surface area contributed by atoms with E-state index in [1.54, 1.807) is 36.4 Å². The van der Waals surface area contributed by atoms with Crippen LogP contribution in [-0.4, -0.2) is 37.3 Å². The molecular weight excluding hydrogens is 472 g/mol. The van der Waals surface area contributed by atoms with Crippen LogP contribution in [0.2, 0.25) is 0 Å². The zero-order valence-corrected chi connectivity index (χ0v) is 20.1. The number of anilines is 2. The molecule has 0 atom stereocenters. The Kier molecular flexibility index (Phi) is 6.99. The van der Waals surface area contributed by atoms with Crippen molar-refractivity contribution >= 4 is 39.1 Å². The number of para-hydroxylation sites is 1. The van der Waals surface area contributed by atoms with Gasteiger partial charge in [0.15, 0.2) is 0 Å². The van der Waals surface area contributed by atoms with Gasteiger partial charge in [-0.05, 0) is 49.4 Å². The van der Waals surface area contributed by atoms with Gasteiger partial charge in [-0.1, -0.05) is 53.7 Å². The summed E-state index contributed by atoms with van der Waals surface area (Å²) < 4.78 is 32.8. The molecule has 0 fully saturated rings. The summed E-state index contributed by atoms with van der Waals surface area (Å²) in [6.07, 6.45) is 0. The van der Waals surface area contributed by atoms with Crippen molar-refractivity contribution in [3.63, 3.8) is 0 Å². The highest BCUT2D eigenvalue weighted by Gasteiger charge is 2.21. The van der Waals surface area contributed by atoms with Crippen LogP contribution in [0.25, 0.3) is 11.5 Å². The van der Waals surface area contributed by atoms with E-state index in [2.05, 4.69) is 15.5 Å². The van der Waals surface area contributed by atoms with Gasteiger partial charge in [-0.2, -0.15) is 0 Å². The molecule has 0 spiro atoms. The van der Waals surface area contributed by atoms with E-state index < -0.39 is 10.0 Å². The zero-order valence-electron chi connectivity index (χ0n) is 18.5. The number of sulfonamides is 1. The Morgan fingerprint density at radius 3 is 2.47 bits per heavy atom. The van der Waals surface area contributed by atoms with Crippen molar-refractivity contribution in [3.05, 3.63) is 84.4 Å². The van der Waals surface area contributed by atoms with Crippen molar-refractivity contribution in [3.8, 4) is 11.5 Å². The van der Waals surface area contributed by atoms with E-state index in [1.165, 1.54) is 23.5 Å². The third-order valence-electron chi connectivity index (χ3n) is 4.93. The van der Waals surface area contributed by atoms with Gasteiger partial charge in [0, 0.05) is 18.3 Å². The molecule has 1 N–H and O–H groups in total. The van der Waals surface area contributed by atoms with E-state index in [9.17, 15) is 13.2 Å². The number of benzene rings is 3. The highest BCUT2D eigenvalue weighted by molar-refractivity contribution is 7.99. The summed E-state index contributed by atoms with van der Waals surface area (Å²) in [6.45, 7) is 1.99. The van der Waals surface area contributed by atoms with Gasteiger partial charge in [-0.15, -0.1) is 10.2 Å². The van der Waals surface area contributed by atoms with Crippen LogP contribution in [0.1, 0.15) is 5.56 Å². The Hall–Kier alpha value is -3.63. The van der Waals surface area contributed by atoms with Gasteiger partial charge >= 0.3 is 0 Å². The molecule has 0 saturated carbocycles. The SMILES string of the molecule is Cc1ccc(-c2nnc(SCC(=O)Nc3cccc(S(=O)(=O)N(C)c4ccccc4)c3)o2)cc1. The maximum atomic E-state index is 13.0. The van der Waals surface area contributed by atoms with Gasteiger partial charge in [-0.25, -0.2) is 8.42 Å². The average Bonchev–Trinajstić information content (AvgIpc) is 3.32. The first-order valence-corrected chi connectivity index (χ1v) is 12.7. The Morgan fingerprint density at radius 2 is 1.74 bits per heavy atom. The monoisotopic (exact) mass is 494 g/mol. The van der Waals surface area contributed by atoms with Crippen molar-refractivity contribution in [2.24, 2.45) is 0 Å². The Morgan fingerprint density at radius 1 is 1.00 bits per heavy atom. The van der Waals surface area contributed by atoms with E-state index in [0.717, 1.165) is 22.9 Å². The molecule has 174 valence electrons. The summed E-state index contributed by atoms with van der Waals surface area (Å²) in [7, 11) is -2.30. The fourth-order valence-corrected chi connectivity index (χ4v) is 4.88. The molecule has 34 heavy (non-hydrogen) atoms. The van der Waals surface area contributed by atoms with Gasteiger partial charge < -0.3 is 9.73 Å². The van der Waals surface area contributed by atoms with Crippen molar-refractivity contribution < 1.29 is 17.6 Å². The van der Waals surface area contributed by atoms with E-state index in [4.69, 9.17) is 4.42 Å². The van der Waals surface area contributed by atoms with Gasteiger partial charge in [0.05, 0.1) is 16.3 Å². The van der Waals surface area contributed by atoms with Crippen LogP contribution in [0.15, 0.2) is 93.4 Å². The third-order valence-corrected chi connectivity index (χ3v) is 7.53. The van der Waals surface area contributed by atoms with Crippen LogP contribution in [0.3, 0.4) is 0 Å². The van der Waals surface area contributed by atoms with Gasteiger partial charge in [-0.3, -0.25) is 9.10 Å². The highest BCUT2D eigenvalue weighted by Crippen LogP contribution is 2.25. The smallest absolute Gasteiger partial charge is 0.277 e. The number of hydrogen-bond donors (Lipinski definition) is 1. The van der Waals surface area contributed by atoms with Crippen LogP contribution >= 0.6 is 11.8 Å². The first kappa shape index (κ1) is 23.5. The van der Waals surface area contributed by atoms with Crippen LogP contribution < -0.4 is 9.62 Å². The summed E-state index contributed by atoms with van der Waals surface area (Å²) in [4.78, 5) is 12.5. The molecule has 0 bridgehead atoms. The van der Waals surface area contributed by atoms with Crippen molar-refractivity contribution in [2.75, 3.05) is 22.4 Å². The lowest BCUT2D eigenvalue weighted by molar-refractivity contribution is -0.113. The third kappa shape index (κ3) is 5.46. The van der Waals surface area contributed by atoms with Crippen molar-refractivity contribution in [1.29, 1.82) is 0 Å². The number of carbonyl (C=O) groups is 1. The fourth-order valence-electron chi connectivity index (χ4n) is 3.07. The minimum atomic E-state index is -3.79. The summed E-state index contributed by atoms with van der Waals surface area (Å²) in [5.41, 5.74) is 2.84. The van der Waals surface area contributed by atoms with Gasteiger partial charge in [0.1, 0.15) is 0 Å². The van der Waals surface area contributed by atoms with Crippen LogP contribution in [0.4, 0.5) is 11.4 Å². The minimum Gasteiger partial charge on any atom is -0.411 e. The minimum absolute atomic E-state index is 0.0242. The normalized spacial score (nSPS) is 11.2. The van der Waals surface area contributed by atoms with E-state index >= 15 is 0 Å². The number of amides is 1. The zero-order chi connectivity index (χ0) is 24.1. The molecule has 0 saturated heterocycles. The first-order valence-electron chi connectivity index (χ1n) is 10.3. The quantitative estimate of drug-likeness (QED) is 0.357. The molecule has 0 aliphatic heterocycles. The van der Waals surface area contributed by atoms with E-state index in [-0.39, 0.29) is 21.8 Å². The molecular formula is C24H22N4O4S2. The summed E-state index contributed by atoms with van der Waals surface area (Å²) >= 11 is 1.10. The molecule has 8 nitrogen and oxygen atoms in total. The lowest BCUT2D eigenvalue weighted by Crippen LogP contribution is -2.26. The Bertz CT molecular complexity index is 1390. The van der Waals surface area contributed by atoms with E-state index in [1.807, 2.05) is 37.3 Å². The molecule has 1 aromatic heterocycles. The molecule has 0 aliphatic carbocycles. The highest BCUT2D eigenvalue weighted by atomic mass is 32.2. The molecule has 1 amide bonds. The predicted octanol–water partition coefficient (Wildman–Crippen LogP) is 4.60. The van der Waals surface area contributed by atoms with Gasteiger partial charge in [0.2, 0.25) is 11.8 Å². The number of carbonyl (C=O) groups excluding carboxylic acids is 1. The maximum Gasteiger partial charge on any atom is 0.277 e. The molecule has 10 heteroatoms. The Balaban J connectivity index is 1.39. The van der Waals surface area contributed by atoms with Gasteiger partial charge in [0.25, 0.3) is 15.2 Å². The number of rotatable bonds is 8. The number of hydrogen-bond acceptors (Lipinski definition) is 7. The van der Waals surface area contributed by atoms with Crippen molar-refractivity contribution in [1.82, 2.24) is 10.2 Å². The molecule has 0 aliphatic rings. The lowest BCUT2D eigenvalue weighted by Gasteiger charge is -2.19. The largest absolute Gasteiger partial charge is 0.411 e. The van der Waals surface area contributed by atoms with Crippen LogP contribution in [-0.2, 0) is 14.8 Å². The maximum absolute atomic E-state index is 13.0. The summed E-state index contributed by atoms with van der Waals surface area (Å²) in [6, 6.07) is 22.6. The second-order valence-electron chi connectivity index (χ2n) is 7.41. The number of aryl methyl sites for hydroxylation is 1. The first-order chi connectivity index (χ1) is 16.3. The molecule has 1 heterocycles. The molecule has 3 aromatic carbocycles. The molecule has 4 rings (SSSR count).